The molecule has 1 saturated carbocycles. The maximum absolute atomic E-state index is 12.0. The minimum absolute atomic E-state index is 0.428. The molecular weight excluding hydrogens is 288 g/mol. The number of allylic oxidation sites excluding steroid dienone is 3. The molecule has 0 heterocycles. The van der Waals surface area contributed by atoms with Gasteiger partial charge in [-0.2, -0.15) is 0 Å². The predicted molar refractivity (Wildman–Crippen MR) is 97.6 cm³/mol. The Morgan fingerprint density at radius 1 is 1.30 bits per heavy atom. The monoisotopic (exact) mass is 314 g/mol. The van der Waals surface area contributed by atoms with Crippen molar-refractivity contribution >= 4 is 18.3 Å². The predicted octanol–water partition coefficient (Wildman–Crippen LogP) is 2.46. The maximum Gasteiger partial charge on any atom is 0.246 e. The summed E-state index contributed by atoms with van der Waals surface area (Å²) in [6, 6.07) is 0. The van der Waals surface area contributed by atoms with Crippen LogP contribution in [-0.4, -0.2) is 30.4 Å². The molecule has 0 aromatic heterocycles. The molecule has 4 N–H and O–H groups in total. The van der Waals surface area contributed by atoms with Crippen LogP contribution in [0.5, 0.6) is 0 Å². The SMILES string of the molecule is C=C(C=N/C=C\C)C=NC1(C(N)=O)CC(=C/CC)/C(=C\CN)C1. The van der Waals surface area contributed by atoms with Crippen molar-refractivity contribution in [2.24, 2.45) is 21.5 Å². The molecule has 23 heavy (non-hydrogen) atoms. The molecule has 0 aliphatic heterocycles. The van der Waals surface area contributed by atoms with Crippen LogP contribution in [0.1, 0.15) is 33.1 Å². The van der Waals surface area contributed by atoms with Crippen LogP contribution in [0, 0.1) is 0 Å². The van der Waals surface area contributed by atoms with Gasteiger partial charge >= 0.3 is 0 Å². The summed E-state index contributed by atoms with van der Waals surface area (Å²) in [5.41, 5.74) is 13.1. The molecule has 1 aliphatic carbocycles. The number of carbonyl (C=O) groups is 1. The van der Waals surface area contributed by atoms with Crippen LogP contribution >= 0.6 is 0 Å². The Labute approximate surface area is 138 Å². The minimum atomic E-state index is -0.959. The quantitative estimate of drug-likeness (QED) is 0.706. The van der Waals surface area contributed by atoms with E-state index in [2.05, 4.69) is 29.6 Å². The van der Waals surface area contributed by atoms with E-state index in [0.29, 0.717) is 25.0 Å². The summed E-state index contributed by atoms with van der Waals surface area (Å²) in [5, 5.41) is 0. The van der Waals surface area contributed by atoms with Gasteiger partial charge in [0.05, 0.1) is 0 Å². The Kier molecular flexibility index (Phi) is 7.35. The summed E-state index contributed by atoms with van der Waals surface area (Å²) in [4.78, 5) is 20.5. The normalized spacial score (nSPS) is 25.5. The van der Waals surface area contributed by atoms with Crippen LogP contribution in [0.3, 0.4) is 0 Å². The highest BCUT2D eigenvalue weighted by Gasteiger charge is 2.43. The van der Waals surface area contributed by atoms with E-state index in [-0.39, 0.29) is 0 Å². The zero-order valence-corrected chi connectivity index (χ0v) is 14.0. The van der Waals surface area contributed by atoms with E-state index >= 15 is 0 Å². The summed E-state index contributed by atoms with van der Waals surface area (Å²) in [6.07, 6.45) is 12.5. The second-order valence-corrected chi connectivity index (χ2v) is 5.45. The maximum atomic E-state index is 12.0. The number of nitrogens with two attached hydrogens (primary N) is 2. The van der Waals surface area contributed by atoms with Crippen molar-refractivity contribution in [2.45, 2.75) is 38.6 Å². The molecule has 124 valence electrons. The van der Waals surface area contributed by atoms with Gasteiger partial charge in [0.2, 0.25) is 5.91 Å². The summed E-state index contributed by atoms with van der Waals surface area (Å²) in [7, 11) is 0. The summed E-state index contributed by atoms with van der Waals surface area (Å²) in [5.74, 6) is -0.436. The second-order valence-electron chi connectivity index (χ2n) is 5.45. The number of carbonyl (C=O) groups excluding carboxylic acids is 1. The van der Waals surface area contributed by atoms with Gasteiger partial charge in [-0.1, -0.05) is 31.7 Å². The molecular formula is C18H26N4O. The van der Waals surface area contributed by atoms with Crippen LogP contribution < -0.4 is 11.5 Å². The first-order valence-electron chi connectivity index (χ1n) is 7.76. The van der Waals surface area contributed by atoms with Gasteiger partial charge in [-0.05, 0) is 24.5 Å². The number of hydrogen-bond donors (Lipinski definition) is 2. The second kappa shape index (κ2) is 9.00. The minimum Gasteiger partial charge on any atom is -0.368 e. The highest BCUT2D eigenvalue weighted by molar-refractivity contribution is 6.04. The Balaban J connectivity index is 3.06. The van der Waals surface area contributed by atoms with Crippen LogP contribution in [0.15, 0.2) is 57.7 Å². The smallest absolute Gasteiger partial charge is 0.246 e. The summed E-state index contributed by atoms with van der Waals surface area (Å²) >= 11 is 0. The Hall–Kier alpha value is -2.27. The highest BCUT2D eigenvalue weighted by atomic mass is 16.1. The third-order valence-electron chi connectivity index (χ3n) is 3.60. The standard InChI is InChI=1S/C18H26N4O/c1-4-6-15-10-18(17(20)23,11-16(15)7-8-19)22-13-14(3)12-21-9-5-2/h5-7,9,12-13H,3-4,8,10-11,19H2,1-2H3,(H2,20,23)/b9-5-,15-6-,16-7-,21-12?,22-13?. The number of nitrogens with zero attached hydrogens (tertiary/aromatic N) is 2. The molecule has 1 aliphatic rings. The third kappa shape index (κ3) is 5.14. The van der Waals surface area contributed by atoms with Crippen molar-refractivity contribution in [3.63, 3.8) is 0 Å². The van der Waals surface area contributed by atoms with E-state index in [1.165, 1.54) is 0 Å². The first-order chi connectivity index (χ1) is 11.0. The zero-order valence-electron chi connectivity index (χ0n) is 14.0. The fraction of sp³-hybridized carbons (Fsp3) is 0.389. The van der Waals surface area contributed by atoms with Gasteiger partial charge in [-0.15, -0.1) is 0 Å². The fourth-order valence-corrected chi connectivity index (χ4v) is 2.51. The molecule has 0 aromatic rings. The van der Waals surface area contributed by atoms with Gasteiger partial charge in [0.15, 0.2) is 0 Å². The molecule has 0 saturated heterocycles. The third-order valence-corrected chi connectivity index (χ3v) is 3.60. The lowest BCUT2D eigenvalue weighted by atomic mass is 9.96. The van der Waals surface area contributed by atoms with Crippen molar-refractivity contribution in [3.05, 3.63) is 47.7 Å². The molecule has 0 aromatic carbocycles. The lowest BCUT2D eigenvalue weighted by Crippen LogP contribution is -2.40. The number of primary amides is 1. The van der Waals surface area contributed by atoms with Crippen molar-refractivity contribution in [3.8, 4) is 0 Å². The zero-order chi connectivity index (χ0) is 17.3. The van der Waals surface area contributed by atoms with E-state index in [4.69, 9.17) is 11.5 Å². The molecule has 5 nitrogen and oxygen atoms in total. The average Bonchev–Trinajstić information content (AvgIpc) is 2.86. The van der Waals surface area contributed by atoms with Crippen molar-refractivity contribution < 1.29 is 4.79 Å². The summed E-state index contributed by atoms with van der Waals surface area (Å²) in [6.45, 7) is 8.22. The van der Waals surface area contributed by atoms with E-state index in [1.807, 2.05) is 19.1 Å². The van der Waals surface area contributed by atoms with Crippen molar-refractivity contribution in [2.75, 3.05) is 6.54 Å². The molecule has 5 heteroatoms. The lowest BCUT2D eigenvalue weighted by Gasteiger charge is -2.19. The highest BCUT2D eigenvalue weighted by Crippen LogP contribution is 2.41. The van der Waals surface area contributed by atoms with E-state index in [1.54, 1.807) is 18.6 Å². The molecule has 1 unspecified atom stereocenters. The van der Waals surface area contributed by atoms with E-state index in [0.717, 1.165) is 17.6 Å². The Morgan fingerprint density at radius 2 is 1.96 bits per heavy atom. The average molecular weight is 314 g/mol. The number of hydrogen-bond acceptors (Lipinski definition) is 4. The molecule has 0 radical (unpaired) electrons. The first-order valence-corrected chi connectivity index (χ1v) is 7.76. The molecule has 1 fully saturated rings. The summed E-state index contributed by atoms with van der Waals surface area (Å²) < 4.78 is 0. The number of aliphatic imine (C=N–C) groups is 2. The van der Waals surface area contributed by atoms with E-state index in [9.17, 15) is 4.79 Å². The first kappa shape index (κ1) is 18.8. The van der Waals surface area contributed by atoms with Gasteiger partial charge in [-0.3, -0.25) is 14.8 Å². The molecule has 1 amide bonds. The van der Waals surface area contributed by atoms with Crippen molar-refractivity contribution in [1.82, 2.24) is 0 Å². The number of rotatable bonds is 7. The van der Waals surface area contributed by atoms with Gasteiger partial charge in [0.25, 0.3) is 0 Å². The topological polar surface area (TPSA) is 93.8 Å². The molecule has 1 atom stereocenters. The van der Waals surface area contributed by atoms with Crippen LogP contribution in [0.4, 0.5) is 0 Å². The van der Waals surface area contributed by atoms with Crippen LogP contribution in [-0.2, 0) is 4.79 Å². The van der Waals surface area contributed by atoms with Crippen LogP contribution in [0.25, 0.3) is 0 Å². The largest absolute Gasteiger partial charge is 0.368 e. The van der Waals surface area contributed by atoms with Crippen molar-refractivity contribution in [1.29, 1.82) is 0 Å². The molecule has 0 bridgehead atoms. The van der Waals surface area contributed by atoms with Crippen LogP contribution in [0.2, 0.25) is 0 Å². The fourth-order valence-electron chi connectivity index (χ4n) is 2.51. The van der Waals surface area contributed by atoms with E-state index < -0.39 is 11.4 Å². The Bertz CT molecular complexity index is 572. The molecule has 1 rings (SSSR count). The van der Waals surface area contributed by atoms with Gasteiger partial charge in [-0.25, -0.2) is 0 Å². The molecule has 0 spiro atoms. The Morgan fingerprint density at radius 3 is 2.48 bits per heavy atom. The van der Waals surface area contributed by atoms with Gasteiger partial charge < -0.3 is 11.5 Å². The number of amides is 1. The van der Waals surface area contributed by atoms with Gasteiger partial charge in [0, 0.05) is 43.6 Å². The van der Waals surface area contributed by atoms with Gasteiger partial charge in [0.1, 0.15) is 5.54 Å². The lowest BCUT2D eigenvalue weighted by molar-refractivity contribution is -0.122.